The van der Waals surface area contributed by atoms with Crippen LogP contribution in [0.5, 0.6) is 0 Å². The zero-order valence-corrected chi connectivity index (χ0v) is 23.1. The number of carboxylic acid groups (broad SMARTS) is 2. The second kappa shape index (κ2) is 10.7. The van der Waals surface area contributed by atoms with Gasteiger partial charge in [0.1, 0.15) is 0 Å². The summed E-state index contributed by atoms with van der Waals surface area (Å²) in [5.74, 6) is -2.85. The molecule has 210 valence electrons. The van der Waals surface area contributed by atoms with Crippen LogP contribution < -0.4 is 10.6 Å². The third-order valence-electron chi connectivity index (χ3n) is 7.28. The van der Waals surface area contributed by atoms with E-state index in [-0.39, 0.29) is 33.7 Å². The van der Waals surface area contributed by atoms with Crippen molar-refractivity contribution in [1.29, 1.82) is 0 Å². The van der Waals surface area contributed by atoms with E-state index < -0.39 is 23.8 Å². The van der Waals surface area contributed by atoms with Gasteiger partial charge in [-0.1, -0.05) is 38.1 Å². The van der Waals surface area contributed by atoms with Gasteiger partial charge < -0.3 is 25.6 Å². The van der Waals surface area contributed by atoms with Crippen molar-refractivity contribution in [3.8, 4) is 0 Å². The molecule has 5 rings (SSSR count). The van der Waals surface area contributed by atoms with Crippen LogP contribution in [0.25, 0.3) is 43.1 Å². The first-order valence-electron chi connectivity index (χ1n) is 13.3. The molecule has 5 aromatic rings. The maximum Gasteiger partial charge on any atom is 0.336 e. The van der Waals surface area contributed by atoms with Crippen molar-refractivity contribution in [2.24, 2.45) is 5.92 Å². The van der Waals surface area contributed by atoms with E-state index in [4.69, 9.17) is 4.74 Å². The molecule has 9 nitrogen and oxygen atoms in total. The van der Waals surface area contributed by atoms with Crippen molar-refractivity contribution < 1.29 is 34.1 Å². The van der Waals surface area contributed by atoms with Gasteiger partial charge in [-0.25, -0.2) is 9.59 Å². The number of carbonyl (C=O) groups excluding carboxylic acids is 2. The molecule has 0 saturated heterocycles. The second-order valence-electron chi connectivity index (χ2n) is 10.6. The number of aromatic carboxylic acids is 2. The van der Waals surface area contributed by atoms with E-state index in [0.717, 1.165) is 0 Å². The van der Waals surface area contributed by atoms with Crippen molar-refractivity contribution in [1.82, 2.24) is 10.6 Å². The van der Waals surface area contributed by atoms with Crippen LogP contribution in [0.4, 0.5) is 0 Å². The molecule has 1 atom stereocenters. The number of hydrogen-bond donors (Lipinski definition) is 4. The molecule has 0 saturated carbocycles. The number of carbonyl (C=O) groups is 4. The molecule has 0 bridgehead atoms. The van der Waals surface area contributed by atoms with Crippen molar-refractivity contribution in [2.45, 2.75) is 26.8 Å². The molecule has 1 unspecified atom stereocenters. The van der Waals surface area contributed by atoms with Crippen molar-refractivity contribution in [3.63, 3.8) is 0 Å². The van der Waals surface area contributed by atoms with E-state index in [1.54, 1.807) is 36.4 Å². The van der Waals surface area contributed by atoms with Crippen molar-refractivity contribution >= 4 is 66.8 Å². The largest absolute Gasteiger partial charge is 0.478 e. The molecule has 41 heavy (non-hydrogen) atoms. The van der Waals surface area contributed by atoms with E-state index >= 15 is 0 Å². The number of amides is 2. The number of nitrogens with one attached hydrogen (secondary N) is 2. The molecule has 5 aromatic carbocycles. The van der Waals surface area contributed by atoms with Gasteiger partial charge in [0.05, 0.1) is 17.7 Å². The molecule has 2 amide bonds. The van der Waals surface area contributed by atoms with Gasteiger partial charge in [-0.15, -0.1) is 0 Å². The number of ether oxygens (including phenoxy) is 1. The molecule has 0 aliphatic heterocycles. The van der Waals surface area contributed by atoms with Crippen molar-refractivity contribution in [3.05, 3.63) is 70.8 Å². The average Bonchev–Trinajstić information content (AvgIpc) is 2.93. The Morgan fingerprint density at radius 1 is 0.634 bits per heavy atom. The summed E-state index contributed by atoms with van der Waals surface area (Å²) in [5, 5.41) is 29.9. The van der Waals surface area contributed by atoms with Crippen LogP contribution in [0.15, 0.2) is 48.5 Å². The molecule has 0 aliphatic carbocycles. The van der Waals surface area contributed by atoms with Gasteiger partial charge in [-0.2, -0.15) is 0 Å². The van der Waals surface area contributed by atoms with Gasteiger partial charge in [0.25, 0.3) is 11.8 Å². The average molecular weight is 555 g/mol. The van der Waals surface area contributed by atoms with Gasteiger partial charge in [-0.05, 0) is 69.4 Å². The monoisotopic (exact) mass is 554 g/mol. The fourth-order valence-corrected chi connectivity index (χ4v) is 5.58. The first-order valence-corrected chi connectivity index (χ1v) is 13.3. The first-order chi connectivity index (χ1) is 19.5. The maximum atomic E-state index is 13.5. The minimum absolute atomic E-state index is 0.0179. The zero-order valence-electron chi connectivity index (χ0n) is 23.1. The highest BCUT2D eigenvalue weighted by Crippen LogP contribution is 2.44. The summed E-state index contributed by atoms with van der Waals surface area (Å²) in [5.41, 5.74) is 0.388. The van der Waals surface area contributed by atoms with Crippen molar-refractivity contribution in [2.75, 3.05) is 20.3 Å². The lowest BCUT2D eigenvalue weighted by molar-refractivity contribution is 0.0688. The maximum absolute atomic E-state index is 13.5. The number of hydrogen-bond acceptors (Lipinski definition) is 5. The Morgan fingerprint density at radius 3 is 1.44 bits per heavy atom. The van der Waals surface area contributed by atoms with Crippen LogP contribution in [-0.2, 0) is 4.74 Å². The summed E-state index contributed by atoms with van der Waals surface area (Å²) in [6.45, 7) is 6.76. The molecule has 9 heteroatoms. The topological polar surface area (TPSA) is 142 Å². The summed E-state index contributed by atoms with van der Waals surface area (Å²) < 4.78 is 5.66. The van der Waals surface area contributed by atoms with E-state index in [0.29, 0.717) is 56.8 Å². The Bertz CT molecular complexity index is 1860. The predicted molar refractivity (Wildman–Crippen MR) is 158 cm³/mol. The lowest BCUT2D eigenvalue weighted by Crippen LogP contribution is -2.36. The quantitative estimate of drug-likeness (QED) is 0.143. The Labute approximate surface area is 235 Å². The Hall–Kier alpha value is -4.76. The number of rotatable bonds is 9. The fourth-order valence-electron chi connectivity index (χ4n) is 5.58. The van der Waals surface area contributed by atoms with Crippen LogP contribution in [0.2, 0.25) is 0 Å². The van der Waals surface area contributed by atoms with Crippen LogP contribution >= 0.6 is 0 Å². The second-order valence-corrected chi connectivity index (χ2v) is 10.6. The number of fused-ring (bicyclic) bond motifs is 2. The molecule has 0 radical (unpaired) electrons. The summed E-state index contributed by atoms with van der Waals surface area (Å²) in [6.07, 6.45) is 0. The smallest absolute Gasteiger partial charge is 0.336 e. The normalized spacial score (nSPS) is 12.4. The standard InChI is InChI=1S/C32H30N2O7/c1-15(2)13-41-14-16(3)34-30(36)22-10-6-18-17-5-9-21(29(35)33-4)27-23(31(37)38)11-7-19(25(17)27)20-8-12-24(32(39)40)28(22)26(18)20/h5-12,15-16H,13-14H2,1-4H3,(H,33,35)(H,34,36)(H,37,38)(H,39,40). The van der Waals surface area contributed by atoms with Gasteiger partial charge in [0.15, 0.2) is 0 Å². The third-order valence-corrected chi connectivity index (χ3v) is 7.28. The van der Waals surface area contributed by atoms with Gasteiger partial charge in [-0.3, -0.25) is 9.59 Å². The van der Waals surface area contributed by atoms with Crippen LogP contribution in [0.1, 0.15) is 62.2 Å². The molecule has 0 heterocycles. The van der Waals surface area contributed by atoms with Crippen LogP contribution in [0.3, 0.4) is 0 Å². The summed E-state index contributed by atoms with van der Waals surface area (Å²) in [4.78, 5) is 50.9. The summed E-state index contributed by atoms with van der Waals surface area (Å²) in [7, 11) is 1.48. The zero-order chi connectivity index (χ0) is 29.6. The minimum Gasteiger partial charge on any atom is -0.478 e. The summed E-state index contributed by atoms with van der Waals surface area (Å²) >= 11 is 0. The van der Waals surface area contributed by atoms with E-state index in [9.17, 15) is 29.4 Å². The van der Waals surface area contributed by atoms with E-state index in [2.05, 4.69) is 10.6 Å². The molecule has 0 fully saturated rings. The molecule has 0 aliphatic rings. The molecular weight excluding hydrogens is 524 g/mol. The van der Waals surface area contributed by atoms with Gasteiger partial charge >= 0.3 is 11.9 Å². The first kappa shape index (κ1) is 27.8. The molecule has 0 aromatic heterocycles. The Morgan fingerprint density at radius 2 is 1.05 bits per heavy atom. The summed E-state index contributed by atoms with van der Waals surface area (Å²) in [6, 6.07) is 12.6. The molecule has 0 spiro atoms. The van der Waals surface area contributed by atoms with Gasteiger partial charge in [0.2, 0.25) is 0 Å². The number of benzene rings is 5. The molecular formula is C32H30N2O7. The van der Waals surface area contributed by atoms with E-state index in [1.165, 1.54) is 19.2 Å². The fraction of sp³-hybridized carbons (Fsp3) is 0.250. The highest BCUT2D eigenvalue weighted by Gasteiger charge is 2.26. The lowest BCUT2D eigenvalue weighted by Gasteiger charge is -2.20. The molecule has 4 N–H and O–H groups in total. The van der Waals surface area contributed by atoms with Gasteiger partial charge in [0, 0.05) is 41.6 Å². The number of carboxylic acids is 2. The highest BCUT2D eigenvalue weighted by atomic mass is 16.5. The van der Waals surface area contributed by atoms with E-state index in [1.807, 2.05) is 20.8 Å². The minimum atomic E-state index is -1.18. The Balaban J connectivity index is 1.81. The third kappa shape index (κ3) is 4.68. The highest BCUT2D eigenvalue weighted by molar-refractivity contribution is 6.38. The predicted octanol–water partition coefficient (Wildman–Crippen LogP) is 5.28. The van der Waals surface area contributed by atoms with Crippen LogP contribution in [0, 0.1) is 5.92 Å². The lowest BCUT2D eigenvalue weighted by atomic mass is 9.84. The SMILES string of the molecule is CNC(=O)c1ccc2c3ccc(C(=O)NC(C)COCC(C)C)c4c(C(=O)O)ccc(c5ccc(C(=O)O)c1c52)c43. The van der Waals surface area contributed by atoms with Crippen LogP contribution in [-0.4, -0.2) is 60.3 Å². The Kier molecular flexibility index (Phi) is 7.23.